The van der Waals surface area contributed by atoms with E-state index in [1.165, 1.54) is 42.5 Å². The Hall–Kier alpha value is -2.70. The molecular weight excluding hydrogens is 463 g/mol. The SMILES string of the molecule is CN(CC(=O)N(Cc1ccccc1[N+](=O)[O-])CC(F)(F)F)S(=O)(=O)c1ccc(Cl)cc1. The van der Waals surface area contributed by atoms with Gasteiger partial charge in [0.1, 0.15) is 6.54 Å². The van der Waals surface area contributed by atoms with Gasteiger partial charge in [0, 0.05) is 23.7 Å². The van der Waals surface area contributed by atoms with Crippen molar-refractivity contribution >= 4 is 33.2 Å². The first-order chi connectivity index (χ1) is 14.3. The Bertz CT molecular complexity index is 1060. The summed E-state index contributed by atoms with van der Waals surface area (Å²) in [5, 5.41) is 11.4. The van der Waals surface area contributed by atoms with Gasteiger partial charge in [-0.3, -0.25) is 14.9 Å². The van der Waals surface area contributed by atoms with Crippen molar-refractivity contribution in [2.24, 2.45) is 0 Å². The van der Waals surface area contributed by atoms with Crippen LogP contribution in [-0.2, 0) is 21.4 Å². The fraction of sp³-hybridized carbons (Fsp3) is 0.278. The number of sulfonamides is 1. The van der Waals surface area contributed by atoms with Gasteiger partial charge in [-0.1, -0.05) is 29.8 Å². The van der Waals surface area contributed by atoms with Crippen LogP contribution in [-0.4, -0.2) is 54.8 Å². The van der Waals surface area contributed by atoms with E-state index in [-0.39, 0.29) is 15.5 Å². The van der Waals surface area contributed by atoms with Gasteiger partial charge in [0.05, 0.1) is 22.9 Å². The molecule has 0 atom stereocenters. The highest BCUT2D eigenvalue weighted by Gasteiger charge is 2.35. The second kappa shape index (κ2) is 9.62. The molecular formula is C18H17ClF3N3O5S. The topological polar surface area (TPSA) is 101 Å². The second-order valence-electron chi connectivity index (χ2n) is 6.47. The third-order valence-electron chi connectivity index (χ3n) is 4.15. The molecule has 2 rings (SSSR count). The number of halogens is 4. The molecule has 13 heteroatoms. The number of hydrogen-bond donors (Lipinski definition) is 0. The zero-order valence-electron chi connectivity index (χ0n) is 16.0. The fourth-order valence-electron chi connectivity index (χ4n) is 2.64. The average Bonchev–Trinajstić information content (AvgIpc) is 2.67. The molecule has 0 saturated carbocycles. The first-order valence-corrected chi connectivity index (χ1v) is 10.4. The molecule has 0 aliphatic heterocycles. The number of rotatable bonds is 8. The van der Waals surface area contributed by atoms with Crippen molar-refractivity contribution < 1.29 is 31.3 Å². The summed E-state index contributed by atoms with van der Waals surface area (Å²) in [6.07, 6.45) is -4.80. The van der Waals surface area contributed by atoms with Gasteiger partial charge in [0.2, 0.25) is 15.9 Å². The van der Waals surface area contributed by atoms with Gasteiger partial charge in [-0.05, 0) is 24.3 Å². The molecule has 0 spiro atoms. The summed E-state index contributed by atoms with van der Waals surface area (Å²) in [5.74, 6) is -1.17. The van der Waals surface area contributed by atoms with Gasteiger partial charge in [0.15, 0.2) is 0 Å². The van der Waals surface area contributed by atoms with Crippen LogP contribution in [0.25, 0.3) is 0 Å². The zero-order valence-corrected chi connectivity index (χ0v) is 17.6. The van der Waals surface area contributed by atoms with Crippen molar-refractivity contribution in [3.63, 3.8) is 0 Å². The van der Waals surface area contributed by atoms with E-state index < -0.39 is 52.4 Å². The second-order valence-corrected chi connectivity index (χ2v) is 8.95. The van der Waals surface area contributed by atoms with E-state index in [0.29, 0.717) is 9.21 Å². The van der Waals surface area contributed by atoms with Gasteiger partial charge in [-0.2, -0.15) is 17.5 Å². The number of hydrogen-bond acceptors (Lipinski definition) is 5. The Morgan fingerprint density at radius 2 is 1.71 bits per heavy atom. The maximum Gasteiger partial charge on any atom is 0.406 e. The van der Waals surface area contributed by atoms with Crippen LogP contribution in [0.15, 0.2) is 53.4 Å². The van der Waals surface area contributed by atoms with Crippen LogP contribution < -0.4 is 0 Å². The Kier molecular flexibility index (Phi) is 7.63. The number of carbonyl (C=O) groups excluding carboxylic acids is 1. The van der Waals surface area contributed by atoms with Crippen LogP contribution in [0.4, 0.5) is 18.9 Å². The van der Waals surface area contributed by atoms with Crippen LogP contribution in [0.1, 0.15) is 5.56 Å². The zero-order chi connectivity index (χ0) is 23.4. The minimum atomic E-state index is -4.80. The van der Waals surface area contributed by atoms with Gasteiger partial charge < -0.3 is 4.90 Å². The number of nitrogens with zero attached hydrogens (tertiary/aromatic N) is 3. The quantitative estimate of drug-likeness (QED) is 0.426. The first-order valence-electron chi connectivity index (χ1n) is 8.60. The highest BCUT2D eigenvalue weighted by atomic mass is 35.5. The van der Waals surface area contributed by atoms with Gasteiger partial charge in [-0.25, -0.2) is 8.42 Å². The number of para-hydroxylation sites is 1. The Morgan fingerprint density at radius 3 is 2.26 bits per heavy atom. The fourth-order valence-corrected chi connectivity index (χ4v) is 3.89. The van der Waals surface area contributed by atoms with Crippen LogP contribution in [0.3, 0.4) is 0 Å². The van der Waals surface area contributed by atoms with E-state index in [1.54, 1.807) is 0 Å². The summed E-state index contributed by atoms with van der Waals surface area (Å²) >= 11 is 5.72. The van der Waals surface area contributed by atoms with E-state index in [4.69, 9.17) is 11.6 Å². The lowest BCUT2D eigenvalue weighted by Gasteiger charge is -2.26. The molecule has 0 saturated heterocycles. The van der Waals surface area contributed by atoms with Crippen LogP contribution in [0.5, 0.6) is 0 Å². The highest BCUT2D eigenvalue weighted by molar-refractivity contribution is 7.89. The van der Waals surface area contributed by atoms with Crippen molar-refractivity contribution in [3.05, 3.63) is 69.2 Å². The Morgan fingerprint density at radius 1 is 1.13 bits per heavy atom. The molecule has 0 N–H and O–H groups in total. The first kappa shape index (κ1) is 24.6. The maximum absolute atomic E-state index is 13.0. The molecule has 0 heterocycles. The molecule has 168 valence electrons. The summed E-state index contributed by atoms with van der Waals surface area (Å²) < 4.78 is 64.9. The summed E-state index contributed by atoms with van der Waals surface area (Å²) in [6.45, 7) is -3.32. The van der Waals surface area contributed by atoms with Crippen molar-refractivity contribution in [1.29, 1.82) is 0 Å². The molecule has 2 aromatic carbocycles. The number of carbonyl (C=O) groups is 1. The molecule has 0 bridgehead atoms. The predicted octanol–water partition coefficient (Wildman–Crippen LogP) is 3.46. The molecule has 0 unspecified atom stereocenters. The normalized spacial score (nSPS) is 12.1. The summed E-state index contributed by atoms with van der Waals surface area (Å²) in [4.78, 5) is 23.1. The molecule has 1 amide bonds. The number of benzene rings is 2. The van der Waals surface area contributed by atoms with Gasteiger partial charge in [0.25, 0.3) is 5.69 Å². The Labute approximate surface area is 181 Å². The van der Waals surface area contributed by atoms with Crippen LogP contribution >= 0.6 is 11.6 Å². The lowest BCUT2D eigenvalue weighted by atomic mass is 10.1. The summed E-state index contributed by atoms with van der Waals surface area (Å²) in [6, 6.07) is 10.1. The van der Waals surface area contributed by atoms with E-state index >= 15 is 0 Å². The third-order valence-corrected chi connectivity index (χ3v) is 6.22. The number of likely N-dealkylation sites (N-methyl/N-ethyl adjacent to an activating group) is 1. The molecule has 8 nitrogen and oxygen atoms in total. The van der Waals surface area contributed by atoms with E-state index in [9.17, 15) is 36.5 Å². The van der Waals surface area contributed by atoms with Gasteiger partial charge in [-0.15, -0.1) is 0 Å². The monoisotopic (exact) mass is 479 g/mol. The molecule has 31 heavy (non-hydrogen) atoms. The van der Waals surface area contributed by atoms with Crippen LogP contribution in [0, 0.1) is 10.1 Å². The number of nitro benzene ring substituents is 1. The number of amides is 1. The smallest absolute Gasteiger partial charge is 0.328 e. The van der Waals surface area contributed by atoms with E-state index in [0.717, 1.165) is 13.1 Å². The highest BCUT2D eigenvalue weighted by Crippen LogP contribution is 2.24. The third kappa shape index (κ3) is 6.64. The summed E-state index contributed by atoms with van der Waals surface area (Å²) in [5.41, 5.74) is -0.571. The molecule has 2 aromatic rings. The average molecular weight is 480 g/mol. The van der Waals surface area contributed by atoms with E-state index in [2.05, 4.69) is 0 Å². The van der Waals surface area contributed by atoms with Crippen molar-refractivity contribution in [1.82, 2.24) is 9.21 Å². The van der Waals surface area contributed by atoms with Crippen molar-refractivity contribution in [2.45, 2.75) is 17.6 Å². The lowest BCUT2D eigenvalue weighted by Crippen LogP contribution is -2.44. The van der Waals surface area contributed by atoms with E-state index in [1.807, 2.05) is 0 Å². The number of nitro groups is 1. The molecule has 0 radical (unpaired) electrons. The molecule has 0 fully saturated rings. The largest absolute Gasteiger partial charge is 0.406 e. The molecule has 0 aromatic heterocycles. The van der Waals surface area contributed by atoms with Gasteiger partial charge >= 0.3 is 6.18 Å². The van der Waals surface area contributed by atoms with Crippen molar-refractivity contribution in [3.8, 4) is 0 Å². The van der Waals surface area contributed by atoms with Crippen LogP contribution in [0.2, 0.25) is 5.02 Å². The minimum Gasteiger partial charge on any atom is -0.328 e. The standard InChI is InChI=1S/C18H17ClF3N3O5S/c1-23(31(29,30)15-8-6-14(19)7-9-15)11-17(26)24(12-18(20,21)22)10-13-4-2-3-5-16(13)25(27)28/h2-9H,10-12H2,1H3. The number of alkyl halides is 3. The molecule has 0 aliphatic carbocycles. The van der Waals surface area contributed by atoms with Crippen molar-refractivity contribution in [2.75, 3.05) is 20.1 Å². The molecule has 0 aliphatic rings. The predicted molar refractivity (Wildman–Crippen MR) is 106 cm³/mol. The maximum atomic E-state index is 13.0. The Balaban J connectivity index is 2.27. The lowest BCUT2D eigenvalue weighted by molar-refractivity contribution is -0.385. The minimum absolute atomic E-state index is 0.117. The summed E-state index contributed by atoms with van der Waals surface area (Å²) in [7, 11) is -3.14.